The third-order valence-corrected chi connectivity index (χ3v) is 5.56. The van der Waals surface area contributed by atoms with Gasteiger partial charge in [0.2, 0.25) is 0 Å². The van der Waals surface area contributed by atoms with E-state index in [1.807, 2.05) is 12.1 Å². The number of halogens is 1. The van der Waals surface area contributed by atoms with Crippen molar-refractivity contribution in [2.45, 2.75) is 10.6 Å². The number of fused-ring (bicyclic) bond motifs is 1. The molecule has 0 saturated carbocycles. The zero-order valence-corrected chi connectivity index (χ0v) is 13.3. The van der Waals surface area contributed by atoms with Gasteiger partial charge in [-0.1, -0.05) is 34.1 Å². The van der Waals surface area contributed by atoms with Gasteiger partial charge in [-0.15, -0.1) is 23.1 Å². The van der Waals surface area contributed by atoms with Crippen LogP contribution in [-0.2, 0) is 5.75 Å². The minimum absolute atomic E-state index is 0.832. The van der Waals surface area contributed by atoms with Gasteiger partial charge in [-0.2, -0.15) is 0 Å². The normalized spacial score (nSPS) is 11.0. The molecule has 1 heterocycles. The third-order valence-electron chi connectivity index (χ3n) is 2.92. The van der Waals surface area contributed by atoms with Crippen molar-refractivity contribution in [2.24, 2.45) is 0 Å². The van der Waals surface area contributed by atoms with Gasteiger partial charge in [-0.25, -0.2) is 0 Å². The van der Waals surface area contributed by atoms with Crippen LogP contribution in [-0.4, -0.2) is 0 Å². The number of thiophene rings is 1. The van der Waals surface area contributed by atoms with Gasteiger partial charge >= 0.3 is 0 Å². The summed E-state index contributed by atoms with van der Waals surface area (Å²) in [4.78, 5) is 1.14. The summed E-state index contributed by atoms with van der Waals surface area (Å²) in [5.41, 5.74) is 8.24. The average molecular weight is 350 g/mol. The Balaban J connectivity index is 1.82. The van der Waals surface area contributed by atoms with Gasteiger partial charge < -0.3 is 5.73 Å². The molecule has 2 N–H and O–H groups in total. The Morgan fingerprint density at radius 1 is 1.16 bits per heavy atom. The van der Waals surface area contributed by atoms with Crippen LogP contribution in [0.1, 0.15) is 5.56 Å². The number of thioether (sulfide) groups is 1. The maximum absolute atomic E-state index is 6.03. The van der Waals surface area contributed by atoms with Crippen LogP contribution < -0.4 is 5.73 Å². The molecular formula is C15H12BrNS2. The largest absolute Gasteiger partial charge is 0.398 e. The van der Waals surface area contributed by atoms with Crippen LogP contribution in [0.25, 0.3) is 10.1 Å². The van der Waals surface area contributed by atoms with Crippen molar-refractivity contribution >= 4 is 54.8 Å². The van der Waals surface area contributed by atoms with E-state index in [1.165, 1.54) is 15.6 Å². The molecule has 0 spiro atoms. The Morgan fingerprint density at radius 2 is 2.00 bits per heavy atom. The second kappa shape index (κ2) is 5.57. The first-order chi connectivity index (χ1) is 9.24. The summed E-state index contributed by atoms with van der Waals surface area (Å²) in [6, 6.07) is 14.6. The molecule has 0 aliphatic carbocycles. The summed E-state index contributed by atoms with van der Waals surface area (Å²) in [5, 5.41) is 3.60. The molecule has 1 aromatic heterocycles. The maximum Gasteiger partial charge on any atom is 0.0463 e. The highest BCUT2D eigenvalue weighted by Crippen LogP contribution is 2.34. The molecule has 0 radical (unpaired) electrons. The topological polar surface area (TPSA) is 26.0 Å². The lowest BCUT2D eigenvalue weighted by molar-refractivity contribution is 1.41. The molecule has 96 valence electrons. The van der Waals surface area contributed by atoms with Gasteiger partial charge in [-0.3, -0.25) is 0 Å². The lowest BCUT2D eigenvalue weighted by Gasteiger charge is -2.05. The van der Waals surface area contributed by atoms with Crippen molar-refractivity contribution in [3.05, 3.63) is 57.9 Å². The molecule has 0 fully saturated rings. The van der Waals surface area contributed by atoms with E-state index in [2.05, 4.69) is 51.6 Å². The predicted molar refractivity (Wildman–Crippen MR) is 89.9 cm³/mol. The molecule has 0 bridgehead atoms. The Morgan fingerprint density at radius 3 is 2.84 bits per heavy atom. The summed E-state index contributed by atoms with van der Waals surface area (Å²) in [5.74, 6) is 0.954. The molecular weight excluding hydrogens is 338 g/mol. The SMILES string of the molecule is Nc1cc(Br)ccc1SCc1csc2ccccc12. The minimum atomic E-state index is 0.832. The monoisotopic (exact) mass is 349 g/mol. The van der Waals surface area contributed by atoms with E-state index in [4.69, 9.17) is 5.73 Å². The summed E-state index contributed by atoms with van der Waals surface area (Å²) in [7, 11) is 0. The number of nitrogen functional groups attached to an aromatic ring is 1. The standard InChI is InChI=1S/C15H12BrNS2/c16-11-5-6-15(13(17)7-11)19-9-10-8-18-14-4-2-1-3-12(10)14/h1-8H,9,17H2. The summed E-state index contributed by atoms with van der Waals surface area (Å²) >= 11 is 7.02. The molecule has 0 atom stereocenters. The Hall–Kier alpha value is -0.970. The highest BCUT2D eigenvalue weighted by molar-refractivity contribution is 9.10. The Labute approximate surface area is 129 Å². The van der Waals surface area contributed by atoms with Crippen LogP contribution in [0.15, 0.2) is 57.2 Å². The van der Waals surface area contributed by atoms with Crippen molar-refractivity contribution in [3.63, 3.8) is 0 Å². The second-order valence-electron chi connectivity index (χ2n) is 4.23. The molecule has 0 unspecified atom stereocenters. The highest BCUT2D eigenvalue weighted by Gasteiger charge is 2.06. The van der Waals surface area contributed by atoms with Crippen molar-refractivity contribution in [1.29, 1.82) is 0 Å². The van der Waals surface area contributed by atoms with Gasteiger partial charge in [0, 0.05) is 25.5 Å². The lowest BCUT2D eigenvalue weighted by Crippen LogP contribution is -1.88. The number of rotatable bonds is 3. The molecule has 1 nitrogen and oxygen atoms in total. The molecule has 19 heavy (non-hydrogen) atoms. The first kappa shape index (κ1) is 13.0. The Bertz CT molecular complexity index is 721. The van der Waals surface area contributed by atoms with Gasteiger partial charge in [0.15, 0.2) is 0 Å². The van der Waals surface area contributed by atoms with Crippen molar-refractivity contribution in [1.82, 2.24) is 0 Å². The number of hydrogen-bond donors (Lipinski definition) is 1. The summed E-state index contributed by atoms with van der Waals surface area (Å²) in [6.07, 6.45) is 0. The first-order valence-corrected chi connectivity index (χ1v) is 8.53. The van der Waals surface area contributed by atoms with Crippen molar-refractivity contribution in [3.8, 4) is 0 Å². The van der Waals surface area contributed by atoms with Crippen LogP contribution in [0.5, 0.6) is 0 Å². The number of benzene rings is 2. The van der Waals surface area contributed by atoms with E-state index in [-0.39, 0.29) is 0 Å². The maximum atomic E-state index is 6.03. The summed E-state index contributed by atoms with van der Waals surface area (Å²) in [6.45, 7) is 0. The van der Waals surface area contributed by atoms with Gasteiger partial charge in [0.25, 0.3) is 0 Å². The van der Waals surface area contributed by atoms with Crippen molar-refractivity contribution in [2.75, 3.05) is 5.73 Å². The number of anilines is 1. The molecule has 3 rings (SSSR count). The van der Waals surface area contributed by atoms with Crippen LogP contribution in [0.3, 0.4) is 0 Å². The van der Waals surface area contributed by atoms with E-state index in [9.17, 15) is 0 Å². The number of hydrogen-bond acceptors (Lipinski definition) is 3. The van der Waals surface area contributed by atoms with Crippen LogP contribution >= 0.6 is 39.0 Å². The molecule has 4 heteroatoms. The van der Waals surface area contributed by atoms with Crippen LogP contribution in [0.2, 0.25) is 0 Å². The molecule has 0 aliphatic heterocycles. The van der Waals surface area contributed by atoms with E-state index in [0.717, 1.165) is 20.8 Å². The second-order valence-corrected chi connectivity index (χ2v) is 7.07. The zero-order chi connectivity index (χ0) is 13.2. The van der Waals surface area contributed by atoms with Crippen molar-refractivity contribution < 1.29 is 0 Å². The fourth-order valence-electron chi connectivity index (χ4n) is 1.95. The minimum Gasteiger partial charge on any atom is -0.398 e. The van der Waals surface area contributed by atoms with E-state index in [1.54, 1.807) is 23.1 Å². The smallest absolute Gasteiger partial charge is 0.0463 e. The Kier molecular flexibility index (Phi) is 3.82. The van der Waals surface area contributed by atoms with Gasteiger partial charge in [0.05, 0.1) is 0 Å². The van der Waals surface area contributed by atoms with E-state index < -0.39 is 0 Å². The molecule has 0 saturated heterocycles. The van der Waals surface area contributed by atoms with Gasteiger partial charge in [-0.05, 0) is 40.6 Å². The lowest BCUT2D eigenvalue weighted by atomic mass is 10.2. The zero-order valence-electron chi connectivity index (χ0n) is 10.1. The average Bonchev–Trinajstić information content (AvgIpc) is 2.81. The van der Waals surface area contributed by atoms with E-state index >= 15 is 0 Å². The van der Waals surface area contributed by atoms with E-state index in [0.29, 0.717) is 0 Å². The molecule has 0 amide bonds. The molecule has 3 aromatic rings. The first-order valence-electron chi connectivity index (χ1n) is 5.87. The van der Waals surface area contributed by atoms with Crippen LogP contribution in [0, 0.1) is 0 Å². The number of nitrogens with two attached hydrogens (primary N) is 1. The molecule has 2 aromatic carbocycles. The van der Waals surface area contributed by atoms with Gasteiger partial charge in [0.1, 0.15) is 0 Å². The highest BCUT2D eigenvalue weighted by atomic mass is 79.9. The van der Waals surface area contributed by atoms with Crippen LogP contribution in [0.4, 0.5) is 5.69 Å². The summed E-state index contributed by atoms with van der Waals surface area (Å²) < 4.78 is 2.37. The third kappa shape index (κ3) is 2.81. The fourth-order valence-corrected chi connectivity index (χ4v) is 4.34. The predicted octanol–water partition coefficient (Wildman–Crippen LogP) is 5.54. The molecule has 0 aliphatic rings. The fraction of sp³-hybridized carbons (Fsp3) is 0.0667. The quantitative estimate of drug-likeness (QED) is 0.496.